The van der Waals surface area contributed by atoms with Gasteiger partial charge in [0.1, 0.15) is 5.69 Å². The summed E-state index contributed by atoms with van der Waals surface area (Å²) < 4.78 is 2.15. The van der Waals surface area contributed by atoms with E-state index in [9.17, 15) is 4.79 Å². The molecule has 2 aromatic heterocycles. The molecule has 168 valence electrons. The Kier molecular flexibility index (Phi) is 5.89. The van der Waals surface area contributed by atoms with Crippen LogP contribution in [0.3, 0.4) is 0 Å². The Morgan fingerprint density at radius 1 is 1.34 bits per heavy atom. The molecule has 0 saturated heterocycles. The van der Waals surface area contributed by atoms with Crippen LogP contribution in [0.1, 0.15) is 61.9 Å². The van der Waals surface area contributed by atoms with E-state index in [1.165, 1.54) is 22.3 Å². The lowest BCUT2D eigenvalue weighted by atomic mass is 9.88. The van der Waals surface area contributed by atoms with Crippen molar-refractivity contribution in [3.05, 3.63) is 58.7 Å². The van der Waals surface area contributed by atoms with Gasteiger partial charge in [-0.25, -0.2) is 4.98 Å². The molecule has 1 aromatic carbocycles. The van der Waals surface area contributed by atoms with E-state index in [1.54, 1.807) is 16.2 Å². The molecule has 0 N–H and O–H groups in total. The molecule has 1 amide bonds. The van der Waals surface area contributed by atoms with E-state index in [-0.39, 0.29) is 11.4 Å². The van der Waals surface area contributed by atoms with Gasteiger partial charge in [-0.15, -0.1) is 11.3 Å². The molecular weight excluding hydrogens is 414 g/mol. The molecule has 4 nitrogen and oxygen atoms in total. The summed E-state index contributed by atoms with van der Waals surface area (Å²) in [5, 5.41) is 2.07. The van der Waals surface area contributed by atoms with Gasteiger partial charge in [0.05, 0.1) is 10.6 Å². The average Bonchev–Trinajstić information content (AvgIpc) is 3.38. The summed E-state index contributed by atoms with van der Waals surface area (Å²) in [6, 6.07) is 8.75. The minimum absolute atomic E-state index is 0.0323. The van der Waals surface area contributed by atoms with Crippen molar-refractivity contribution in [3.8, 4) is 21.8 Å². The van der Waals surface area contributed by atoms with Gasteiger partial charge in [-0.05, 0) is 73.7 Å². The first kappa shape index (κ1) is 22.5. The van der Waals surface area contributed by atoms with Crippen LogP contribution < -0.4 is 0 Å². The number of hydrogen-bond donors (Lipinski definition) is 0. The van der Waals surface area contributed by atoms with Gasteiger partial charge < -0.3 is 9.47 Å². The second kappa shape index (κ2) is 8.36. The number of carbonyl (C=O) groups excluding carboxylic acids is 1. The van der Waals surface area contributed by atoms with Crippen molar-refractivity contribution in [2.75, 3.05) is 7.05 Å². The van der Waals surface area contributed by atoms with Crippen molar-refractivity contribution < 1.29 is 4.79 Å². The summed E-state index contributed by atoms with van der Waals surface area (Å²) in [5.74, 6) is 1.05. The molecule has 5 heteroatoms. The van der Waals surface area contributed by atoms with Gasteiger partial charge in [0.25, 0.3) is 5.91 Å². The van der Waals surface area contributed by atoms with Crippen LogP contribution >= 0.6 is 11.3 Å². The topological polar surface area (TPSA) is 38.1 Å². The third-order valence-electron chi connectivity index (χ3n) is 6.30. The number of thiophene rings is 1. The molecule has 32 heavy (non-hydrogen) atoms. The number of carbonyl (C=O) groups is 1. The predicted octanol–water partition coefficient (Wildman–Crippen LogP) is 6.55. The van der Waals surface area contributed by atoms with Crippen molar-refractivity contribution >= 4 is 23.3 Å². The van der Waals surface area contributed by atoms with Crippen LogP contribution in [-0.2, 0) is 19.4 Å². The largest absolute Gasteiger partial charge is 0.334 e. The van der Waals surface area contributed by atoms with Crippen LogP contribution in [0.5, 0.6) is 0 Å². The Morgan fingerprint density at radius 3 is 2.69 bits per heavy atom. The number of fused-ring (bicyclic) bond motifs is 3. The van der Waals surface area contributed by atoms with Crippen molar-refractivity contribution in [1.82, 2.24) is 14.5 Å². The minimum atomic E-state index is -0.275. The van der Waals surface area contributed by atoms with Gasteiger partial charge in [0, 0.05) is 24.7 Å². The number of rotatable bonds is 5. The molecule has 1 aliphatic rings. The lowest BCUT2D eigenvalue weighted by Crippen LogP contribution is -2.43. The normalized spacial score (nSPS) is 13.1. The van der Waals surface area contributed by atoms with Gasteiger partial charge in [-0.1, -0.05) is 38.6 Å². The summed E-state index contributed by atoms with van der Waals surface area (Å²) in [5.41, 5.74) is 6.73. The van der Waals surface area contributed by atoms with Crippen molar-refractivity contribution in [1.29, 1.82) is 0 Å². The highest BCUT2D eigenvalue weighted by atomic mass is 32.1. The van der Waals surface area contributed by atoms with Gasteiger partial charge in [0.15, 0.2) is 5.82 Å². The van der Waals surface area contributed by atoms with Gasteiger partial charge in [-0.2, -0.15) is 0 Å². The Hall–Kier alpha value is -2.66. The molecule has 0 bridgehead atoms. The Labute approximate surface area is 195 Å². The van der Waals surface area contributed by atoms with E-state index in [2.05, 4.69) is 69.3 Å². The summed E-state index contributed by atoms with van der Waals surface area (Å²) in [4.78, 5) is 21.4. The fraction of sp³-hybridized carbons (Fsp3) is 0.407. The maximum absolute atomic E-state index is 13.5. The van der Waals surface area contributed by atoms with Gasteiger partial charge >= 0.3 is 0 Å². The van der Waals surface area contributed by atoms with Crippen LogP contribution in [0, 0.1) is 5.92 Å². The van der Waals surface area contributed by atoms with E-state index >= 15 is 0 Å². The van der Waals surface area contributed by atoms with E-state index < -0.39 is 0 Å². The second-order valence-corrected chi connectivity index (χ2v) is 11.0. The fourth-order valence-corrected chi connectivity index (χ4v) is 5.04. The van der Waals surface area contributed by atoms with E-state index in [0.29, 0.717) is 11.7 Å². The standard InChI is InChI=1S/C27H33N3OS/c1-8-18-15-19-11-12-30-24(21(19)16-20(18)14-17(2)3)23(22-10-9-13-32-22)28-25(30)26(31)29(7)27(4,5)6/h8-10,13,15-17H,1,11-12,14H2,2-7H3. The third-order valence-corrected chi connectivity index (χ3v) is 7.17. The smallest absolute Gasteiger partial charge is 0.290 e. The number of aryl methyl sites for hydroxylation is 1. The number of nitrogens with zero attached hydrogens (tertiary/aromatic N) is 3. The van der Waals surface area contributed by atoms with Crippen LogP contribution in [-0.4, -0.2) is 32.9 Å². The molecule has 3 aromatic rings. The van der Waals surface area contributed by atoms with Crippen LogP contribution in [0.4, 0.5) is 0 Å². The second-order valence-electron chi connectivity index (χ2n) is 10.1. The average molecular weight is 448 g/mol. The Bertz CT molecular complexity index is 1160. The predicted molar refractivity (Wildman–Crippen MR) is 135 cm³/mol. The zero-order valence-electron chi connectivity index (χ0n) is 20.0. The highest BCUT2D eigenvalue weighted by Crippen LogP contribution is 2.41. The third kappa shape index (κ3) is 3.95. The molecule has 3 heterocycles. The molecule has 4 rings (SSSR count). The maximum atomic E-state index is 13.5. The zero-order chi connectivity index (χ0) is 23.2. The SMILES string of the molecule is C=Cc1cc2c(cc1CC(C)C)-c1c(-c3cccs3)nc(C(=O)N(C)C(C)(C)C)n1CC2. The van der Waals surface area contributed by atoms with Gasteiger partial charge in [-0.3, -0.25) is 4.79 Å². The molecule has 0 unspecified atom stereocenters. The first-order valence-electron chi connectivity index (χ1n) is 11.3. The van der Waals surface area contributed by atoms with Crippen molar-refractivity contribution in [2.45, 2.75) is 59.5 Å². The Balaban J connectivity index is 1.95. The van der Waals surface area contributed by atoms with Crippen LogP contribution in [0.15, 0.2) is 36.2 Å². The van der Waals surface area contributed by atoms with E-state index in [1.807, 2.05) is 19.2 Å². The quantitative estimate of drug-likeness (QED) is 0.445. The summed E-state index contributed by atoms with van der Waals surface area (Å²) in [7, 11) is 1.86. The molecule has 0 fully saturated rings. The number of imidazole rings is 1. The highest BCUT2D eigenvalue weighted by molar-refractivity contribution is 7.13. The van der Waals surface area contributed by atoms with Crippen molar-refractivity contribution in [2.24, 2.45) is 5.92 Å². The summed E-state index contributed by atoms with van der Waals surface area (Å²) >= 11 is 1.67. The zero-order valence-corrected chi connectivity index (χ0v) is 20.8. The molecule has 0 spiro atoms. The highest BCUT2D eigenvalue weighted by Gasteiger charge is 2.33. The minimum Gasteiger partial charge on any atom is -0.334 e. The molecular formula is C27H33N3OS. The lowest BCUT2D eigenvalue weighted by Gasteiger charge is -2.32. The number of benzene rings is 1. The van der Waals surface area contributed by atoms with Crippen LogP contribution in [0.2, 0.25) is 0 Å². The molecule has 0 aliphatic carbocycles. The lowest BCUT2D eigenvalue weighted by molar-refractivity contribution is 0.0638. The van der Waals surface area contributed by atoms with Crippen LogP contribution in [0.25, 0.3) is 27.9 Å². The maximum Gasteiger partial charge on any atom is 0.290 e. The number of aromatic nitrogens is 2. The molecule has 0 saturated carbocycles. The first-order valence-corrected chi connectivity index (χ1v) is 12.2. The molecule has 0 atom stereocenters. The monoisotopic (exact) mass is 447 g/mol. The first-order chi connectivity index (χ1) is 15.1. The fourth-order valence-electron chi connectivity index (χ4n) is 4.32. The summed E-state index contributed by atoms with van der Waals surface area (Å²) in [6.45, 7) is 15.4. The molecule has 0 radical (unpaired) electrons. The summed E-state index contributed by atoms with van der Waals surface area (Å²) in [6.07, 6.45) is 3.85. The van der Waals surface area contributed by atoms with Gasteiger partial charge in [0.2, 0.25) is 0 Å². The Morgan fingerprint density at radius 2 is 2.09 bits per heavy atom. The van der Waals surface area contributed by atoms with E-state index in [0.717, 1.165) is 35.7 Å². The molecule has 1 aliphatic heterocycles. The van der Waals surface area contributed by atoms with Crippen molar-refractivity contribution in [3.63, 3.8) is 0 Å². The number of hydrogen-bond acceptors (Lipinski definition) is 3. The number of amides is 1. The van der Waals surface area contributed by atoms with E-state index in [4.69, 9.17) is 4.98 Å².